The number of hydrogen-bond donors (Lipinski definition) is 3. The highest BCUT2D eigenvalue weighted by atomic mass is 16.5. The molecule has 0 saturated carbocycles. The summed E-state index contributed by atoms with van der Waals surface area (Å²) in [7, 11) is 1.54. The number of nitrogens with one attached hydrogen (secondary N) is 2. The third kappa shape index (κ3) is 4.29. The van der Waals surface area contributed by atoms with Crippen LogP contribution in [-0.2, 0) is 21.4 Å². The number of nitrogens with zero attached hydrogens (tertiary/aromatic N) is 4. The van der Waals surface area contributed by atoms with Gasteiger partial charge in [-0.3, -0.25) is 9.59 Å². The van der Waals surface area contributed by atoms with Crippen LogP contribution >= 0.6 is 0 Å². The Kier molecular flexibility index (Phi) is 6.90. The van der Waals surface area contributed by atoms with E-state index in [2.05, 4.69) is 15.6 Å². The Morgan fingerprint density at radius 2 is 1.91 bits per heavy atom. The number of carbonyl (C=O) groups is 2. The molecule has 5 atom stereocenters. The van der Waals surface area contributed by atoms with Gasteiger partial charge in [0, 0.05) is 24.7 Å². The van der Waals surface area contributed by atoms with Crippen LogP contribution in [0.3, 0.4) is 0 Å². The maximum Gasteiger partial charge on any atom is 0.252 e. The van der Waals surface area contributed by atoms with E-state index >= 15 is 0 Å². The number of anilines is 1. The second-order valence-corrected chi connectivity index (χ2v) is 12.8. The fourth-order valence-electron chi connectivity index (χ4n) is 6.71. The zero-order chi connectivity index (χ0) is 32.5. The van der Waals surface area contributed by atoms with Crippen LogP contribution in [0.4, 0.5) is 5.69 Å². The highest BCUT2D eigenvalue weighted by Gasteiger charge is 2.61. The van der Waals surface area contributed by atoms with Crippen molar-refractivity contribution in [3.05, 3.63) is 82.8 Å². The number of ether oxygens (including phenoxy) is 1. The van der Waals surface area contributed by atoms with Crippen molar-refractivity contribution >= 4 is 17.5 Å². The highest BCUT2D eigenvalue weighted by molar-refractivity contribution is 5.90. The third-order valence-electron chi connectivity index (χ3n) is 9.23. The number of carbonyl (C=O) groups excluding carboxylic acids is 2. The molecule has 3 N–H and O–H groups in total. The minimum Gasteiger partial charge on any atom is -0.469 e. The van der Waals surface area contributed by atoms with Crippen molar-refractivity contribution in [2.75, 3.05) is 12.4 Å². The predicted molar refractivity (Wildman–Crippen MR) is 164 cm³/mol. The predicted octanol–water partition coefficient (Wildman–Crippen LogP) is 3.89. The number of aliphatic hydroxyl groups excluding tert-OH is 1. The number of fused-ring (bicyclic) bond motifs is 4. The number of aromatic nitrogens is 2. The van der Waals surface area contributed by atoms with Crippen molar-refractivity contribution in [2.45, 2.75) is 63.9 Å². The third-order valence-corrected chi connectivity index (χ3v) is 9.23. The zero-order valence-corrected chi connectivity index (χ0v) is 26.1. The number of aliphatic hydroxyl groups is 1. The van der Waals surface area contributed by atoms with E-state index in [-0.39, 0.29) is 41.4 Å². The summed E-state index contributed by atoms with van der Waals surface area (Å²) in [5, 5.41) is 26.8. The summed E-state index contributed by atoms with van der Waals surface area (Å²) in [6.45, 7) is 7.36. The van der Waals surface area contributed by atoms with Gasteiger partial charge in [-0.2, -0.15) is 10.2 Å². The summed E-state index contributed by atoms with van der Waals surface area (Å²) in [6.07, 6.45) is -0.456. The van der Waals surface area contributed by atoms with Crippen LogP contribution in [-0.4, -0.2) is 57.2 Å². The minimum absolute atomic E-state index is 0.0839. The average Bonchev–Trinajstić information content (AvgIpc) is 3.81. The number of likely N-dealkylation sites (N-methyl/N-ethyl adjacent to an activating group) is 1. The summed E-state index contributed by atoms with van der Waals surface area (Å²) in [6, 6.07) is 13.9. The molecule has 0 saturated heterocycles. The fraction of sp³-hybridized carbons (Fsp3) is 0.382. The lowest BCUT2D eigenvalue weighted by Gasteiger charge is -2.32. The molecule has 5 heterocycles. The molecule has 236 valence electrons. The maximum atomic E-state index is 14.1. The molecule has 2 amide bonds. The molecule has 3 aliphatic rings. The number of amides is 2. The second kappa shape index (κ2) is 10.7. The van der Waals surface area contributed by atoms with Gasteiger partial charge in [0.15, 0.2) is 23.4 Å². The SMILES string of the molecule is CC(C)[C@H](O)C(=O)N(C)[C@H]1Cc2ccc3c(c2)C2(c4ccccc4N[C@@H]2O3)c2oc(nc2-c2nc(C#N)co2)[C@H](C(C)C)NC1=O. The Balaban J connectivity index is 1.50. The molecule has 2 aromatic heterocycles. The van der Waals surface area contributed by atoms with Gasteiger partial charge in [-0.25, -0.2) is 4.98 Å². The first kappa shape index (κ1) is 29.6. The lowest BCUT2D eigenvalue weighted by Crippen LogP contribution is -2.53. The van der Waals surface area contributed by atoms with E-state index in [1.54, 1.807) is 13.8 Å². The number of oxazole rings is 2. The van der Waals surface area contributed by atoms with Gasteiger partial charge in [0.25, 0.3) is 5.91 Å². The summed E-state index contributed by atoms with van der Waals surface area (Å²) >= 11 is 0. The normalized spacial score (nSPS) is 23.3. The van der Waals surface area contributed by atoms with Crippen LogP contribution < -0.4 is 15.4 Å². The molecule has 3 aliphatic heterocycles. The van der Waals surface area contributed by atoms with E-state index < -0.39 is 41.6 Å². The van der Waals surface area contributed by atoms with Crippen LogP contribution in [0.25, 0.3) is 11.6 Å². The molecule has 2 aromatic carbocycles. The first-order valence-electron chi connectivity index (χ1n) is 15.3. The van der Waals surface area contributed by atoms with Gasteiger partial charge in [0.05, 0.1) is 0 Å². The molecule has 46 heavy (non-hydrogen) atoms. The summed E-state index contributed by atoms with van der Waals surface area (Å²) < 4.78 is 19.1. The number of para-hydroxylation sites is 1. The number of nitriles is 1. The Hall–Kier alpha value is -5.15. The first-order chi connectivity index (χ1) is 22.0. The Morgan fingerprint density at radius 1 is 1.13 bits per heavy atom. The Morgan fingerprint density at radius 3 is 2.63 bits per heavy atom. The van der Waals surface area contributed by atoms with Gasteiger partial charge in [0.1, 0.15) is 41.7 Å². The summed E-state index contributed by atoms with van der Waals surface area (Å²) in [5.74, 6) is -0.176. The van der Waals surface area contributed by atoms with Crippen molar-refractivity contribution in [3.8, 4) is 23.4 Å². The molecule has 12 nitrogen and oxygen atoms in total. The molecular weight excluding hydrogens is 588 g/mol. The lowest BCUT2D eigenvalue weighted by atomic mass is 9.72. The summed E-state index contributed by atoms with van der Waals surface area (Å²) in [4.78, 5) is 38.1. The number of rotatable bonds is 5. The molecule has 1 unspecified atom stereocenters. The fourth-order valence-corrected chi connectivity index (χ4v) is 6.71. The van der Waals surface area contributed by atoms with Crippen LogP contribution in [0, 0.1) is 23.2 Å². The summed E-state index contributed by atoms with van der Waals surface area (Å²) in [5.41, 5.74) is 2.60. The molecule has 4 bridgehead atoms. The van der Waals surface area contributed by atoms with Crippen LogP contribution in [0.5, 0.6) is 5.75 Å². The lowest BCUT2D eigenvalue weighted by molar-refractivity contribution is -0.147. The first-order valence-corrected chi connectivity index (χ1v) is 15.3. The van der Waals surface area contributed by atoms with Crippen molar-refractivity contribution in [2.24, 2.45) is 11.8 Å². The molecule has 0 fully saturated rings. The Bertz CT molecular complexity index is 1910. The van der Waals surface area contributed by atoms with Gasteiger partial charge in [-0.05, 0) is 35.1 Å². The van der Waals surface area contributed by atoms with Crippen molar-refractivity contribution in [1.82, 2.24) is 20.2 Å². The van der Waals surface area contributed by atoms with E-state index in [1.807, 2.05) is 62.4 Å². The zero-order valence-electron chi connectivity index (χ0n) is 26.1. The molecule has 12 heteroatoms. The second-order valence-electron chi connectivity index (χ2n) is 12.8. The standard InChI is InChI=1S/C34H34N6O6/c1-16(2)25-31-39-26(30-36-19(14-35)15-44-30)28(46-31)34-20-8-6-7-9-22(20)37-33(34)45-24-11-10-18(12-21(24)34)13-23(29(42)38-25)40(5)32(43)27(41)17(3)4/h6-12,15-17,23,25,27,33,37,41H,13H2,1-5H3,(H,38,42)/t23-,25-,27-,33+,34?/m0/s1. The Labute approximate surface area is 265 Å². The van der Waals surface area contributed by atoms with Crippen molar-refractivity contribution < 1.29 is 28.3 Å². The quantitative estimate of drug-likeness (QED) is 0.297. The van der Waals surface area contributed by atoms with E-state index in [0.29, 0.717) is 11.5 Å². The molecule has 7 rings (SSSR count). The molecular formula is C34H34N6O6. The minimum atomic E-state index is -1.27. The molecule has 0 aliphatic carbocycles. The van der Waals surface area contributed by atoms with Gasteiger partial charge in [-0.1, -0.05) is 58.0 Å². The molecule has 4 aromatic rings. The number of benzene rings is 2. The highest BCUT2D eigenvalue weighted by Crippen LogP contribution is 2.59. The van der Waals surface area contributed by atoms with E-state index in [1.165, 1.54) is 18.2 Å². The maximum absolute atomic E-state index is 14.1. The van der Waals surface area contributed by atoms with Gasteiger partial charge >= 0.3 is 0 Å². The van der Waals surface area contributed by atoms with E-state index in [9.17, 15) is 20.0 Å². The smallest absolute Gasteiger partial charge is 0.252 e. The average molecular weight is 623 g/mol. The van der Waals surface area contributed by atoms with Gasteiger partial charge < -0.3 is 34.2 Å². The van der Waals surface area contributed by atoms with Crippen molar-refractivity contribution in [3.63, 3.8) is 0 Å². The monoisotopic (exact) mass is 622 g/mol. The van der Waals surface area contributed by atoms with E-state index in [4.69, 9.17) is 18.6 Å². The van der Waals surface area contributed by atoms with E-state index in [0.717, 1.165) is 22.4 Å². The largest absolute Gasteiger partial charge is 0.469 e. The van der Waals surface area contributed by atoms with Crippen molar-refractivity contribution in [1.29, 1.82) is 5.26 Å². The molecule has 0 radical (unpaired) electrons. The van der Waals surface area contributed by atoms with Gasteiger partial charge in [0.2, 0.25) is 17.7 Å². The topological polar surface area (TPSA) is 167 Å². The van der Waals surface area contributed by atoms with Crippen LogP contribution in [0.1, 0.15) is 67.8 Å². The van der Waals surface area contributed by atoms with Gasteiger partial charge in [-0.15, -0.1) is 0 Å². The van der Waals surface area contributed by atoms with Crippen LogP contribution in [0.15, 0.2) is 57.6 Å². The number of hydrogen-bond acceptors (Lipinski definition) is 10. The molecule has 1 spiro atoms. The van der Waals surface area contributed by atoms with Crippen LogP contribution in [0.2, 0.25) is 0 Å².